The summed E-state index contributed by atoms with van der Waals surface area (Å²) in [6.07, 6.45) is 10.0. The molecule has 0 radical (unpaired) electrons. The van der Waals surface area contributed by atoms with Crippen molar-refractivity contribution in [2.75, 3.05) is 36.4 Å². The molecule has 2 saturated heterocycles. The second kappa shape index (κ2) is 12.6. The summed E-state index contributed by atoms with van der Waals surface area (Å²) in [5.74, 6) is 0.435. The maximum Gasteiger partial charge on any atom is 0.271 e. The van der Waals surface area contributed by atoms with Crippen molar-refractivity contribution in [1.82, 2.24) is 20.6 Å². The van der Waals surface area contributed by atoms with Gasteiger partial charge < -0.3 is 31.1 Å². The van der Waals surface area contributed by atoms with Crippen molar-refractivity contribution >= 4 is 40.2 Å². The SMILES string of the molecule is NC(=O)c1ncc(N2CCC[C@@H](NC(=O)C3CCC4(CCNCC4)CC3)C2)nc1Nc1ccc(CS(=O)O)cc1. The van der Waals surface area contributed by atoms with Crippen molar-refractivity contribution in [2.24, 2.45) is 17.1 Å². The zero-order chi connectivity index (χ0) is 28.1. The van der Waals surface area contributed by atoms with Crippen molar-refractivity contribution in [3.8, 4) is 0 Å². The van der Waals surface area contributed by atoms with E-state index in [4.69, 9.17) is 10.3 Å². The van der Waals surface area contributed by atoms with Gasteiger partial charge in [-0.3, -0.25) is 9.59 Å². The predicted octanol–water partition coefficient (Wildman–Crippen LogP) is 2.69. The molecule has 1 unspecified atom stereocenters. The smallest absolute Gasteiger partial charge is 0.271 e. The highest BCUT2D eigenvalue weighted by molar-refractivity contribution is 7.78. The summed E-state index contributed by atoms with van der Waals surface area (Å²) < 4.78 is 20.2. The fraction of sp³-hybridized carbons (Fsp3) is 0.571. The minimum atomic E-state index is -1.93. The number of nitrogens with two attached hydrogens (primary N) is 1. The van der Waals surface area contributed by atoms with E-state index in [2.05, 4.69) is 30.8 Å². The van der Waals surface area contributed by atoms with Crippen LogP contribution >= 0.6 is 0 Å². The van der Waals surface area contributed by atoms with Crippen LogP contribution in [0.15, 0.2) is 30.5 Å². The third-order valence-electron chi connectivity index (χ3n) is 8.67. The molecule has 1 aromatic carbocycles. The maximum absolute atomic E-state index is 13.2. The van der Waals surface area contributed by atoms with Crippen LogP contribution in [0.4, 0.5) is 17.3 Å². The maximum atomic E-state index is 13.2. The van der Waals surface area contributed by atoms with E-state index in [1.165, 1.54) is 12.8 Å². The lowest BCUT2D eigenvalue weighted by Gasteiger charge is -2.43. The van der Waals surface area contributed by atoms with Gasteiger partial charge in [0, 0.05) is 30.7 Å². The van der Waals surface area contributed by atoms with Gasteiger partial charge in [0.15, 0.2) is 22.6 Å². The number of benzene rings is 1. The minimum Gasteiger partial charge on any atom is -0.364 e. The third kappa shape index (κ3) is 6.97. The van der Waals surface area contributed by atoms with Crippen molar-refractivity contribution in [3.05, 3.63) is 41.7 Å². The first-order valence-electron chi connectivity index (χ1n) is 14.2. The van der Waals surface area contributed by atoms with Gasteiger partial charge in [-0.25, -0.2) is 14.2 Å². The van der Waals surface area contributed by atoms with Crippen molar-refractivity contribution in [3.63, 3.8) is 0 Å². The number of carbonyl (C=O) groups excluding carboxylic acids is 2. The van der Waals surface area contributed by atoms with Crippen LogP contribution in [0.5, 0.6) is 0 Å². The lowest BCUT2D eigenvalue weighted by Crippen LogP contribution is -2.50. The first-order valence-corrected chi connectivity index (χ1v) is 15.4. The second-order valence-electron chi connectivity index (χ2n) is 11.4. The summed E-state index contributed by atoms with van der Waals surface area (Å²) >= 11 is -1.93. The van der Waals surface area contributed by atoms with Crippen LogP contribution in [0.2, 0.25) is 0 Å². The number of nitrogens with zero attached hydrogens (tertiary/aromatic N) is 3. The molecule has 12 heteroatoms. The number of carbonyl (C=O) groups is 2. The quantitative estimate of drug-likeness (QED) is 0.301. The second-order valence-corrected chi connectivity index (χ2v) is 12.3. The number of primary amides is 1. The normalized spacial score (nSPS) is 22.0. The topological polar surface area (TPSA) is 163 Å². The van der Waals surface area contributed by atoms with Gasteiger partial charge in [-0.1, -0.05) is 12.1 Å². The van der Waals surface area contributed by atoms with Crippen molar-refractivity contribution in [1.29, 1.82) is 0 Å². The number of piperidine rings is 2. The number of nitrogens with one attached hydrogen (secondary N) is 3. The Morgan fingerprint density at radius 1 is 1.12 bits per heavy atom. The van der Waals surface area contributed by atoms with Crippen molar-refractivity contribution in [2.45, 2.75) is 63.2 Å². The number of hydrogen-bond acceptors (Lipinski definition) is 8. The largest absolute Gasteiger partial charge is 0.364 e. The highest BCUT2D eigenvalue weighted by Gasteiger charge is 2.38. The van der Waals surface area contributed by atoms with E-state index in [-0.39, 0.29) is 35.1 Å². The molecule has 1 spiro atoms. The van der Waals surface area contributed by atoms with Crippen LogP contribution in [0.25, 0.3) is 0 Å². The molecule has 2 amide bonds. The van der Waals surface area contributed by atoms with E-state index >= 15 is 0 Å². The fourth-order valence-corrected chi connectivity index (χ4v) is 6.81. The molecule has 40 heavy (non-hydrogen) atoms. The van der Waals surface area contributed by atoms with Gasteiger partial charge in [-0.05, 0) is 87.6 Å². The Balaban J connectivity index is 1.21. The summed E-state index contributed by atoms with van der Waals surface area (Å²) in [5, 5.41) is 9.88. The molecule has 3 fully saturated rings. The predicted molar refractivity (Wildman–Crippen MR) is 155 cm³/mol. The molecule has 3 aliphatic rings. The van der Waals surface area contributed by atoms with E-state index in [1.807, 2.05) is 0 Å². The van der Waals surface area contributed by atoms with E-state index in [9.17, 15) is 13.8 Å². The van der Waals surface area contributed by atoms with Gasteiger partial charge in [0.05, 0.1) is 11.9 Å². The first kappa shape index (κ1) is 28.4. The van der Waals surface area contributed by atoms with Crippen LogP contribution < -0.4 is 26.6 Å². The number of amides is 2. The minimum absolute atomic E-state index is 0.0228. The summed E-state index contributed by atoms with van der Waals surface area (Å²) in [6.45, 7) is 3.57. The summed E-state index contributed by atoms with van der Waals surface area (Å²) in [6, 6.07) is 6.97. The lowest BCUT2D eigenvalue weighted by atomic mass is 9.65. The molecule has 1 aromatic heterocycles. The average molecular weight is 570 g/mol. The zero-order valence-electron chi connectivity index (χ0n) is 22.7. The molecule has 1 aliphatic carbocycles. The van der Waals surface area contributed by atoms with Crippen LogP contribution in [-0.4, -0.2) is 62.8 Å². The van der Waals surface area contributed by atoms with Crippen LogP contribution in [0, 0.1) is 11.3 Å². The molecule has 5 rings (SSSR count). The van der Waals surface area contributed by atoms with Gasteiger partial charge in [0.25, 0.3) is 5.91 Å². The van der Waals surface area contributed by atoms with Gasteiger partial charge in [0.1, 0.15) is 5.82 Å². The molecular weight excluding hydrogens is 530 g/mol. The Morgan fingerprint density at radius 2 is 1.85 bits per heavy atom. The molecule has 1 saturated carbocycles. The Labute approximate surface area is 237 Å². The third-order valence-corrected chi connectivity index (χ3v) is 9.25. The molecule has 2 atom stereocenters. The standard InChI is InChI=1S/C28H39N7O4S/c29-25(36)24-26(32-21-5-3-19(4-6-21)18-40(38)39)34-23(16-31-24)35-15-1-2-22(17-35)33-27(37)20-7-9-28(10-8-20)11-13-30-14-12-28/h3-6,16,20,22,30H,1-2,7-15,17-18H2,(H2,29,36)(H,32,34)(H,33,37)(H,38,39)/t22-/m1/s1. The lowest BCUT2D eigenvalue weighted by molar-refractivity contribution is -0.127. The Kier molecular flexibility index (Phi) is 8.97. The summed E-state index contributed by atoms with van der Waals surface area (Å²) in [4.78, 5) is 36.3. The van der Waals surface area contributed by atoms with Gasteiger partial charge in [0.2, 0.25) is 5.91 Å². The molecule has 216 valence electrons. The summed E-state index contributed by atoms with van der Waals surface area (Å²) in [7, 11) is 0. The molecule has 3 heterocycles. The number of rotatable bonds is 8. The van der Waals surface area contributed by atoms with E-state index in [0.29, 0.717) is 29.0 Å². The van der Waals surface area contributed by atoms with Gasteiger partial charge in [-0.15, -0.1) is 0 Å². The molecule has 11 nitrogen and oxygen atoms in total. The van der Waals surface area contributed by atoms with E-state index in [0.717, 1.165) is 58.2 Å². The molecule has 0 bridgehead atoms. The molecule has 6 N–H and O–H groups in total. The van der Waals surface area contributed by atoms with Gasteiger partial charge >= 0.3 is 0 Å². The van der Waals surface area contributed by atoms with E-state index < -0.39 is 17.0 Å². The van der Waals surface area contributed by atoms with Crippen molar-refractivity contribution < 1.29 is 18.4 Å². The average Bonchev–Trinajstić information content (AvgIpc) is 2.94. The number of hydrogen-bond donors (Lipinski definition) is 5. The van der Waals surface area contributed by atoms with Gasteiger partial charge in [-0.2, -0.15) is 0 Å². The molecule has 2 aromatic rings. The molecule has 2 aliphatic heterocycles. The van der Waals surface area contributed by atoms with Crippen LogP contribution in [0.1, 0.15) is 67.4 Å². The highest BCUT2D eigenvalue weighted by atomic mass is 32.2. The van der Waals surface area contributed by atoms with Crippen LogP contribution in [0.3, 0.4) is 0 Å². The van der Waals surface area contributed by atoms with E-state index in [1.54, 1.807) is 30.5 Å². The Bertz CT molecular complexity index is 1230. The molecular formula is C28H39N7O4S. The first-order chi connectivity index (χ1) is 19.3. The van der Waals surface area contributed by atoms with Crippen LogP contribution in [-0.2, 0) is 21.6 Å². The Hall–Kier alpha value is -3.09. The Morgan fingerprint density at radius 3 is 2.52 bits per heavy atom. The number of anilines is 3. The zero-order valence-corrected chi connectivity index (χ0v) is 23.5. The highest BCUT2D eigenvalue weighted by Crippen LogP contribution is 2.45. The monoisotopic (exact) mass is 569 g/mol. The summed E-state index contributed by atoms with van der Waals surface area (Å²) in [5.41, 5.74) is 7.37. The number of aromatic nitrogens is 2. The fourth-order valence-electron chi connectivity index (χ4n) is 6.33.